The maximum atomic E-state index is 14.1. The normalized spacial score (nSPS) is 18.1. The topological polar surface area (TPSA) is 97.6 Å². The Kier molecular flexibility index (Phi) is 7.05. The summed E-state index contributed by atoms with van der Waals surface area (Å²) in [6, 6.07) is 8.45. The molecule has 1 aromatic heterocycles. The van der Waals surface area contributed by atoms with Crippen LogP contribution in [0.5, 0.6) is 11.5 Å². The van der Waals surface area contributed by atoms with Crippen LogP contribution in [0.4, 0.5) is 24.7 Å². The first kappa shape index (κ1) is 25.6. The van der Waals surface area contributed by atoms with Crippen LogP contribution in [0.2, 0.25) is 5.02 Å². The van der Waals surface area contributed by atoms with E-state index >= 15 is 0 Å². The summed E-state index contributed by atoms with van der Waals surface area (Å²) in [6.07, 6.45) is -5.81. The maximum absolute atomic E-state index is 14.1. The van der Waals surface area contributed by atoms with Crippen molar-refractivity contribution in [2.75, 3.05) is 24.9 Å². The third kappa shape index (κ3) is 4.93. The molecule has 0 saturated heterocycles. The molecule has 1 amide bonds. The number of anilines is 2. The number of aromatic nitrogens is 2. The minimum atomic E-state index is -4.65. The summed E-state index contributed by atoms with van der Waals surface area (Å²) >= 11 is 6.40. The molecule has 1 aliphatic rings. The number of halogens is 4. The molecule has 0 radical (unpaired) electrons. The molecule has 36 heavy (non-hydrogen) atoms. The molecule has 0 aliphatic carbocycles. The summed E-state index contributed by atoms with van der Waals surface area (Å²) in [5.41, 5.74) is 1.05. The number of aliphatic hydroxyl groups excluding tert-OH is 1. The third-order valence-electron chi connectivity index (χ3n) is 5.95. The number of hydrogen-bond donors (Lipinski definition) is 3. The van der Waals surface area contributed by atoms with E-state index in [1.54, 1.807) is 49.4 Å². The Labute approximate surface area is 210 Å². The van der Waals surface area contributed by atoms with E-state index in [2.05, 4.69) is 15.7 Å². The fourth-order valence-corrected chi connectivity index (χ4v) is 4.35. The molecule has 192 valence electrons. The maximum Gasteiger partial charge on any atom is 0.410 e. The van der Waals surface area contributed by atoms with E-state index in [0.29, 0.717) is 33.0 Å². The summed E-state index contributed by atoms with van der Waals surface area (Å²) in [4.78, 5) is 12.9. The van der Waals surface area contributed by atoms with E-state index in [1.807, 2.05) is 0 Å². The van der Waals surface area contributed by atoms with Crippen LogP contribution in [-0.4, -0.2) is 41.2 Å². The van der Waals surface area contributed by atoms with Crippen LogP contribution in [-0.2, 0) is 0 Å². The number of amides is 1. The monoisotopic (exact) mass is 524 g/mol. The van der Waals surface area contributed by atoms with Crippen molar-refractivity contribution in [2.45, 2.75) is 37.7 Å². The lowest BCUT2D eigenvalue weighted by Gasteiger charge is -2.33. The molecule has 3 N–H and O–H groups in total. The van der Waals surface area contributed by atoms with Crippen molar-refractivity contribution in [1.29, 1.82) is 0 Å². The smallest absolute Gasteiger partial charge is 0.410 e. The van der Waals surface area contributed by atoms with Crippen molar-refractivity contribution >= 4 is 29.0 Å². The molecule has 8 nitrogen and oxygen atoms in total. The molecule has 2 heterocycles. The molecule has 12 heteroatoms. The quantitative estimate of drug-likeness (QED) is 0.393. The second kappa shape index (κ2) is 9.90. The number of aliphatic hydroxyl groups is 1. The van der Waals surface area contributed by atoms with Gasteiger partial charge in [-0.2, -0.15) is 18.3 Å². The van der Waals surface area contributed by atoms with Crippen molar-refractivity contribution in [3.63, 3.8) is 0 Å². The van der Waals surface area contributed by atoms with Gasteiger partial charge in [-0.15, -0.1) is 0 Å². The lowest BCUT2D eigenvalue weighted by atomic mass is 9.96. The van der Waals surface area contributed by atoms with E-state index in [0.717, 1.165) is 0 Å². The molecule has 2 aromatic carbocycles. The first-order valence-corrected chi connectivity index (χ1v) is 11.3. The lowest BCUT2D eigenvalue weighted by molar-refractivity contribution is -0.173. The highest BCUT2D eigenvalue weighted by Crippen LogP contribution is 2.47. The Hall–Kier alpha value is -3.44. The van der Waals surface area contributed by atoms with Gasteiger partial charge in [-0.05, 0) is 42.3 Å². The van der Waals surface area contributed by atoms with Gasteiger partial charge in [0, 0.05) is 12.1 Å². The van der Waals surface area contributed by atoms with Gasteiger partial charge in [0.1, 0.15) is 10.8 Å². The zero-order valence-corrected chi connectivity index (χ0v) is 20.3. The molecular formula is C24H24ClF3N4O4. The number of carbonyl (C=O) groups is 1. The summed E-state index contributed by atoms with van der Waals surface area (Å²) in [5.74, 6) is -0.0981. The largest absolute Gasteiger partial charge is 0.493 e. The first-order chi connectivity index (χ1) is 17.0. The van der Waals surface area contributed by atoms with E-state index < -0.39 is 30.3 Å². The fraction of sp³-hybridized carbons (Fsp3) is 0.333. The molecular weight excluding hydrogens is 501 g/mol. The van der Waals surface area contributed by atoms with Crippen LogP contribution in [0.25, 0.3) is 0 Å². The van der Waals surface area contributed by atoms with Crippen molar-refractivity contribution in [2.24, 2.45) is 0 Å². The van der Waals surface area contributed by atoms with Crippen LogP contribution in [0.15, 0.2) is 42.5 Å². The molecule has 3 aromatic rings. The lowest BCUT2D eigenvalue weighted by Crippen LogP contribution is -2.35. The standard InChI is InChI=1S/C24H24ClF3N4O4/c1-12(33)13-5-4-6-15(9-13)29-23(34)21-20(25)22-30-16(11-19(24(26,27)28)32(22)31-21)14-7-8-17(35-2)18(10-14)36-3/h4-10,12,16,19,30,33H,11H2,1-3H3,(H,29,34)/t12-,16-,19+/m0/s1. The van der Waals surface area contributed by atoms with Gasteiger partial charge >= 0.3 is 6.18 Å². The van der Waals surface area contributed by atoms with Gasteiger partial charge in [0.05, 0.1) is 26.4 Å². The van der Waals surface area contributed by atoms with Gasteiger partial charge in [0.15, 0.2) is 23.2 Å². The van der Waals surface area contributed by atoms with E-state index in [-0.39, 0.29) is 23.0 Å². The highest BCUT2D eigenvalue weighted by atomic mass is 35.5. The van der Waals surface area contributed by atoms with Crippen LogP contribution < -0.4 is 20.1 Å². The molecule has 4 rings (SSSR count). The average molecular weight is 525 g/mol. The molecule has 0 saturated carbocycles. The number of alkyl halides is 3. The first-order valence-electron chi connectivity index (χ1n) is 11.0. The van der Waals surface area contributed by atoms with Crippen molar-refractivity contribution < 1.29 is 32.5 Å². The number of fused-ring (bicyclic) bond motifs is 1. The number of nitrogens with one attached hydrogen (secondary N) is 2. The molecule has 0 spiro atoms. The second-order valence-electron chi connectivity index (χ2n) is 8.32. The number of ether oxygens (including phenoxy) is 2. The summed E-state index contributed by atoms with van der Waals surface area (Å²) in [6.45, 7) is 1.57. The third-order valence-corrected chi connectivity index (χ3v) is 6.31. The van der Waals surface area contributed by atoms with Gasteiger partial charge in [-0.1, -0.05) is 29.8 Å². The van der Waals surface area contributed by atoms with Gasteiger partial charge in [0.25, 0.3) is 5.91 Å². The molecule has 3 atom stereocenters. The highest BCUT2D eigenvalue weighted by Gasteiger charge is 2.48. The number of carbonyl (C=O) groups excluding carboxylic acids is 1. The Balaban J connectivity index is 1.69. The Morgan fingerprint density at radius 1 is 1.22 bits per heavy atom. The van der Waals surface area contributed by atoms with E-state index in [1.165, 1.54) is 14.2 Å². The predicted octanol–water partition coefficient (Wildman–Crippen LogP) is 5.52. The molecule has 0 bridgehead atoms. The number of rotatable bonds is 6. The Bertz CT molecular complexity index is 1280. The number of methoxy groups -OCH3 is 2. The summed E-state index contributed by atoms with van der Waals surface area (Å²) in [7, 11) is 2.89. The van der Waals surface area contributed by atoms with Crippen molar-refractivity contribution in [1.82, 2.24) is 9.78 Å². The van der Waals surface area contributed by atoms with Crippen LogP contribution in [0, 0.1) is 0 Å². The van der Waals surface area contributed by atoms with E-state index in [4.69, 9.17) is 21.1 Å². The number of benzene rings is 2. The molecule has 0 fully saturated rings. The summed E-state index contributed by atoms with van der Waals surface area (Å²) < 4.78 is 53.4. The summed E-state index contributed by atoms with van der Waals surface area (Å²) in [5, 5.41) is 19.0. The van der Waals surface area contributed by atoms with Crippen LogP contribution in [0.1, 0.15) is 53.1 Å². The average Bonchev–Trinajstić information content (AvgIpc) is 3.18. The second-order valence-corrected chi connectivity index (χ2v) is 8.69. The predicted molar refractivity (Wildman–Crippen MR) is 128 cm³/mol. The Morgan fingerprint density at radius 2 is 1.94 bits per heavy atom. The molecule has 1 aliphatic heterocycles. The van der Waals surface area contributed by atoms with Crippen LogP contribution >= 0.6 is 11.6 Å². The highest BCUT2D eigenvalue weighted by molar-refractivity contribution is 6.36. The Morgan fingerprint density at radius 3 is 2.58 bits per heavy atom. The minimum absolute atomic E-state index is 0.118. The minimum Gasteiger partial charge on any atom is -0.493 e. The molecule has 0 unspecified atom stereocenters. The zero-order chi connectivity index (χ0) is 26.2. The van der Waals surface area contributed by atoms with Gasteiger partial charge < -0.3 is 25.2 Å². The van der Waals surface area contributed by atoms with Crippen molar-refractivity contribution in [3.05, 3.63) is 64.3 Å². The number of hydrogen-bond acceptors (Lipinski definition) is 6. The zero-order valence-electron chi connectivity index (χ0n) is 19.6. The number of nitrogens with zero attached hydrogens (tertiary/aromatic N) is 2. The van der Waals surface area contributed by atoms with Gasteiger partial charge in [-0.25, -0.2) is 4.68 Å². The van der Waals surface area contributed by atoms with Gasteiger partial charge in [-0.3, -0.25) is 4.79 Å². The van der Waals surface area contributed by atoms with E-state index in [9.17, 15) is 23.1 Å². The van der Waals surface area contributed by atoms with Crippen molar-refractivity contribution in [3.8, 4) is 11.5 Å². The SMILES string of the molecule is COc1ccc([C@@H]2C[C@H](C(F)(F)F)n3nc(C(=O)Nc4cccc([C@H](C)O)c4)c(Cl)c3N2)cc1OC. The van der Waals surface area contributed by atoms with Gasteiger partial charge in [0.2, 0.25) is 0 Å². The van der Waals surface area contributed by atoms with Crippen LogP contribution in [0.3, 0.4) is 0 Å². The fourth-order valence-electron chi connectivity index (χ4n) is 4.09.